The Morgan fingerprint density at radius 1 is 0.397 bits per heavy atom. The maximum absolute atomic E-state index is 15.5. The minimum absolute atomic E-state index is 0.0155. The van der Waals surface area contributed by atoms with Crippen molar-refractivity contribution in [3.63, 3.8) is 0 Å². The fraction of sp³-hybridized carbons (Fsp3) is 0.267. The van der Waals surface area contributed by atoms with Crippen molar-refractivity contribution < 1.29 is 46.5 Å². The molecule has 2 atom stereocenters. The molecule has 0 saturated heterocycles. The molecule has 73 heavy (non-hydrogen) atoms. The zero-order chi connectivity index (χ0) is 51.7. The summed E-state index contributed by atoms with van der Waals surface area (Å²) in [5.41, 5.74) is 2.54. The highest BCUT2D eigenvalue weighted by Gasteiger charge is 2.78. The molecular formula is C60H52N2O10S. The number of anilines is 2. The Balaban J connectivity index is 1.06. The van der Waals surface area contributed by atoms with Gasteiger partial charge >= 0.3 is 23.9 Å². The highest BCUT2D eigenvalue weighted by atomic mass is 32.2. The standard InChI is InChI=1S/C60H52N2O10S/c1-55(2)43-31-33(27-29-45(43)61-49(53(65)71-9)47(51(63)69-7)59(57(55,61)5)39-23-15-11-19-35(39)36-20-12-16-24-40(36)59)73(67,68)34-28-30-46-44(32-34)56(3,4)58(6)60(48(52(64)70-8)50(62(46)58)54(66)72-10)41-25-17-13-21-37(41)38-22-14-18-26-42(38)60/h11-32H,1-10H3. The number of ether oxygens (including phenoxy) is 4. The van der Waals surface area contributed by atoms with E-state index in [9.17, 15) is 19.2 Å². The van der Waals surface area contributed by atoms with E-state index in [1.807, 2.05) is 148 Å². The molecule has 12 nitrogen and oxygen atoms in total. The van der Waals surface area contributed by atoms with Crippen molar-refractivity contribution in [2.75, 3.05) is 38.2 Å². The van der Waals surface area contributed by atoms with Crippen molar-refractivity contribution in [2.45, 2.75) is 84.1 Å². The first-order valence-electron chi connectivity index (χ1n) is 24.1. The number of methoxy groups -OCH3 is 4. The maximum Gasteiger partial charge on any atom is 0.355 e. The third kappa shape index (κ3) is 4.86. The van der Waals surface area contributed by atoms with E-state index < -0.39 is 66.5 Å². The van der Waals surface area contributed by atoms with Crippen LogP contribution in [-0.2, 0) is 69.6 Å². The molecule has 4 aliphatic heterocycles. The van der Waals surface area contributed by atoms with Crippen LogP contribution < -0.4 is 9.80 Å². The van der Waals surface area contributed by atoms with Crippen molar-refractivity contribution in [3.8, 4) is 22.3 Å². The Hall–Kier alpha value is -7.77. The average Bonchev–Trinajstić information content (AvgIpc) is 4.13. The Labute approximate surface area is 423 Å². The molecule has 0 amide bonds. The molecule has 6 aromatic rings. The number of hydrogen-bond acceptors (Lipinski definition) is 12. The summed E-state index contributed by atoms with van der Waals surface area (Å²) >= 11 is 0. The first-order chi connectivity index (χ1) is 34.8. The quantitative estimate of drug-likeness (QED) is 0.116. The van der Waals surface area contributed by atoms with E-state index in [0.29, 0.717) is 22.5 Å². The normalized spacial score (nSPS) is 22.0. The number of benzene rings is 6. The Morgan fingerprint density at radius 2 is 0.685 bits per heavy atom. The van der Waals surface area contributed by atoms with E-state index >= 15 is 8.42 Å². The number of fused-ring (bicyclic) bond motifs is 18. The van der Waals surface area contributed by atoms with Gasteiger partial charge in [0.2, 0.25) is 9.84 Å². The van der Waals surface area contributed by atoms with Crippen LogP contribution in [0.4, 0.5) is 11.4 Å². The van der Waals surface area contributed by atoms with Gasteiger partial charge in [-0.2, -0.15) is 0 Å². The van der Waals surface area contributed by atoms with Gasteiger partial charge < -0.3 is 28.7 Å². The molecule has 0 saturated carbocycles. The summed E-state index contributed by atoms with van der Waals surface area (Å²) in [6.07, 6.45) is 0. The lowest BCUT2D eigenvalue weighted by molar-refractivity contribution is -0.139. The molecule has 2 spiro atoms. The van der Waals surface area contributed by atoms with E-state index in [1.165, 1.54) is 28.4 Å². The van der Waals surface area contributed by atoms with Gasteiger partial charge in [0, 0.05) is 22.2 Å². The van der Waals surface area contributed by atoms with E-state index in [-0.39, 0.29) is 32.3 Å². The molecule has 368 valence electrons. The molecule has 6 aromatic carbocycles. The highest BCUT2D eigenvalue weighted by molar-refractivity contribution is 7.91. The number of esters is 4. The molecule has 0 radical (unpaired) electrons. The molecule has 2 aliphatic carbocycles. The summed E-state index contributed by atoms with van der Waals surface area (Å²) < 4.78 is 53.3. The van der Waals surface area contributed by atoms with E-state index in [4.69, 9.17) is 18.9 Å². The molecule has 0 fully saturated rings. The predicted molar refractivity (Wildman–Crippen MR) is 274 cm³/mol. The number of sulfone groups is 1. The van der Waals surface area contributed by atoms with Gasteiger partial charge in [-0.15, -0.1) is 0 Å². The van der Waals surface area contributed by atoms with Crippen molar-refractivity contribution in [1.82, 2.24) is 0 Å². The van der Waals surface area contributed by atoms with Gasteiger partial charge in [-0.1, -0.05) is 125 Å². The lowest BCUT2D eigenvalue weighted by Crippen LogP contribution is -2.63. The summed E-state index contributed by atoms with van der Waals surface area (Å²) in [6.45, 7) is 12.2. The molecule has 2 unspecified atom stereocenters. The number of nitrogens with zero attached hydrogens (tertiary/aromatic N) is 2. The van der Waals surface area contributed by atoms with Crippen LogP contribution in [0.2, 0.25) is 0 Å². The number of rotatable bonds is 6. The van der Waals surface area contributed by atoms with Crippen LogP contribution in [-0.4, -0.2) is 71.8 Å². The van der Waals surface area contributed by atoms with E-state index in [0.717, 1.165) is 44.5 Å². The fourth-order valence-corrected chi connectivity index (χ4v) is 16.1. The lowest BCUT2D eigenvalue weighted by Gasteiger charge is -2.52. The summed E-state index contributed by atoms with van der Waals surface area (Å²) in [6, 6.07) is 41.4. The van der Waals surface area contributed by atoms with Gasteiger partial charge in [0.25, 0.3) is 0 Å². The third-order valence-corrected chi connectivity index (χ3v) is 20.0. The minimum atomic E-state index is -4.34. The van der Waals surface area contributed by atoms with Crippen LogP contribution in [0.25, 0.3) is 22.3 Å². The summed E-state index contributed by atoms with van der Waals surface area (Å²) in [4.78, 5) is 61.7. The van der Waals surface area contributed by atoms with Gasteiger partial charge in [0.15, 0.2) is 0 Å². The zero-order valence-electron chi connectivity index (χ0n) is 42.1. The van der Waals surface area contributed by atoms with Gasteiger partial charge in [-0.05, 0) is 106 Å². The molecule has 0 aromatic heterocycles. The minimum Gasteiger partial charge on any atom is -0.466 e. The molecule has 4 heterocycles. The van der Waals surface area contributed by atoms with Crippen LogP contribution in [0.3, 0.4) is 0 Å². The van der Waals surface area contributed by atoms with Crippen LogP contribution in [0.5, 0.6) is 0 Å². The summed E-state index contributed by atoms with van der Waals surface area (Å²) in [7, 11) is 0.820. The number of hydrogen-bond donors (Lipinski definition) is 0. The first-order valence-corrected chi connectivity index (χ1v) is 25.6. The van der Waals surface area contributed by atoms with Crippen LogP contribution in [0, 0.1) is 0 Å². The monoisotopic (exact) mass is 992 g/mol. The number of carbonyl (C=O) groups excluding carboxylic acids is 4. The fourth-order valence-electron chi connectivity index (χ4n) is 14.8. The molecule has 6 aliphatic rings. The second-order valence-corrected chi connectivity index (χ2v) is 23.0. The van der Waals surface area contributed by atoms with E-state index in [1.54, 1.807) is 36.4 Å². The Bertz CT molecular complexity index is 3430. The Kier molecular flexibility index (Phi) is 9.32. The SMILES string of the molecule is COC(=O)C1=C(C(=O)OC)C2(c3ccccc3-c3ccccc32)C2(C)N1c1ccc(S(=O)(=O)c3ccc4c(c3)C(C)(C)C3(C)N4C(C(=O)OC)=C(C(=O)OC)C34c3ccccc3-c3ccccc34)cc1C2(C)C. The molecular weight excluding hydrogens is 941 g/mol. The van der Waals surface area contributed by atoms with Crippen LogP contribution in [0.15, 0.2) is 166 Å². The first kappa shape index (κ1) is 46.3. The molecule has 12 rings (SSSR count). The van der Waals surface area contributed by atoms with Crippen LogP contribution >= 0.6 is 0 Å². The highest BCUT2D eigenvalue weighted by Crippen LogP contribution is 2.74. The van der Waals surface area contributed by atoms with Gasteiger partial charge in [0.05, 0.1) is 71.3 Å². The largest absolute Gasteiger partial charge is 0.466 e. The van der Waals surface area contributed by atoms with Crippen molar-refractivity contribution in [3.05, 3.63) is 189 Å². The smallest absolute Gasteiger partial charge is 0.355 e. The summed E-state index contributed by atoms with van der Waals surface area (Å²) in [5.74, 6) is -2.85. The zero-order valence-corrected chi connectivity index (χ0v) is 42.9. The van der Waals surface area contributed by atoms with Crippen molar-refractivity contribution >= 4 is 45.1 Å². The Morgan fingerprint density at radius 3 is 0.973 bits per heavy atom. The predicted octanol–water partition coefficient (Wildman–Crippen LogP) is 9.39. The van der Waals surface area contributed by atoms with Crippen molar-refractivity contribution in [1.29, 1.82) is 0 Å². The van der Waals surface area contributed by atoms with Gasteiger partial charge in [0.1, 0.15) is 11.4 Å². The maximum atomic E-state index is 15.5. The molecule has 0 bridgehead atoms. The topological polar surface area (TPSA) is 146 Å². The summed E-state index contributed by atoms with van der Waals surface area (Å²) in [5, 5.41) is 0. The molecule has 0 N–H and O–H groups in total. The number of carbonyl (C=O) groups is 4. The van der Waals surface area contributed by atoms with Crippen LogP contribution in [0.1, 0.15) is 74.9 Å². The van der Waals surface area contributed by atoms with Crippen molar-refractivity contribution in [2.24, 2.45) is 0 Å². The van der Waals surface area contributed by atoms with Gasteiger partial charge in [-0.25, -0.2) is 27.6 Å². The molecule has 13 heteroatoms. The van der Waals surface area contributed by atoms with E-state index in [2.05, 4.69) is 0 Å². The second-order valence-electron chi connectivity index (χ2n) is 21.0. The average molecular weight is 993 g/mol. The third-order valence-electron chi connectivity index (χ3n) is 18.3. The second kappa shape index (κ2) is 14.7. The van der Waals surface area contributed by atoms with Gasteiger partial charge in [-0.3, -0.25) is 0 Å². The lowest BCUT2D eigenvalue weighted by atomic mass is 9.53.